The molecule has 2 aromatic rings. The highest BCUT2D eigenvalue weighted by molar-refractivity contribution is 6.02. The third kappa shape index (κ3) is 3.12. The van der Waals surface area contributed by atoms with Crippen LogP contribution in [0.2, 0.25) is 0 Å². The van der Waals surface area contributed by atoms with E-state index in [9.17, 15) is 4.79 Å². The van der Waals surface area contributed by atoms with E-state index in [0.29, 0.717) is 18.5 Å². The van der Waals surface area contributed by atoms with Crippen molar-refractivity contribution in [3.8, 4) is 0 Å². The Hall–Kier alpha value is -2.03. The van der Waals surface area contributed by atoms with Crippen LogP contribution in [0.1, 0.15) is 67.6 Å². The quantitative estimate of drug-likeness (QED) is 0.697. The van der Waals surface area contributed by atoms with Gasteiger partial charge in [-0.15, -0.1) is 6.58 Å². The lowest BCUT2D eigenvalue weighted by atomic mass is 10.00. The lowest BCUT2D eigenvalue weighted by Gasteiger charge is -2.33. The minimum absolute atomic E-state index is 0.175. The summed E-state index contributed by atoms with van der Waals surface area (Å²) in [7, 11) is 0. The number of amides is 1. The van der Waals surface area contributed by atoms with Gasteiger partial charge in [-0.3, -0.25) is 4.79 Å². The Labute approximate surface area is 151 Å². The van der Waals surface area contributed by atoms with Crippen molar-refractivity contribution in [3.63, 3.8) is 0 Å². The Morgan fingerprint density at radius 3 is 2.76 bits per heavy atom. The molecule has 1 atom stereocenters. The van der Waals surface area contributed by atoms with E-state index in [2.05, 4.69) is 61.9 Å². The molecule has 1 aliphatic heterocycles. The first-order valence-electron chi connectivity index (χ1n) is 9.50. The van der Waals surface area contributed by atoms with Gasteiger partial charge in [-0.2, -0.15) is 0 Å². The molecule has 1 amide bonds. The minimum Gasteiger partial charge on any atom is -0.335 e. The van der Waals surface area contributed by atoms with Gasteiger partial charge in [0.2, 0.25) is 0 Å². The summed E-state index contributed by atoms with van der Waals surface area (Å²) in [6, 6.07) is 6.93. The maximum Gasteiger partial charge on any atom is 0.271 e. The SMILES string of the molecule is C=CCn1c(C(=O)N2CCCCC2C)c(C)c2cc(C(C)C)ccc21. The van der Waals surface area contributed by atoms with Gasteiger partial charge in [-0.05, 0) is 62.3 Å². The van der Waals surface area contributed by atoms with Crippen molar-refractivity contribution in [2.75, 3.05) is 6.54 Å². The van der Waals surface area contributed by atoms with Crippen LogP contribution >= 0.6 is 0 Å². The number of piperidine rings is 1. The fraction of sp³-hybridized carbons (Fsp3) is 0.500. The number of carbonyl (C=O) groups is 1. The van der Waals surface area contributed by atoms with Gasteiger partial charge in [-0.25, -0.2) is 0 Å². The molecule has 3 nitrogen and oxygen atoms in total. The molecule has 0 spiro atoms. The normalized spacial score (nSPS) is 18.1. The second kappa shape index (κ2) is 7.07. The third-order valence-electron chi connectivity index (χ3n) is 5.59. The maximum absolute atomic E-state index is 13.4. The summed E-state index contributed by atoms with van der Waals surface area (Å²) in [5.74, 6) is 0.654. The first kappa shape index (κ1) is 17.8. The number of fused-ring (bicyclic) bond motifs is 1. The van der Waals surface area contributed by atoms with E-state index in [1.807, 2.05) is 6.08 Å². The van der Waals surface area contributed by atoms with E-state index in [1.165, 1.54) is 17.4 Å². The molecule has 1 aliphatic rings. The number of aryl methyl sites for hydroxylation is 1. The number of carbonyl (C=O) groups excluding carboxylic acids is 1. The van der Waals surface area contributed by atoms with Crippen molar-refractivity contribution in [1.29, 1.82) is 0 Å². The van der Waals surface area contributed by atoms with Crippen molar-refractivity contribution in [3.05, 3.63) is 47.7 Å². The lowest BCUT2D eigenvalue weighted by molar-refractivity contribution is 0.0625. The number of nitrogens with zero attached hydrogens (tertiary/aromatic N) is 2. The van der Waals surface area contributed by atoms with Crippen LogP contribution < -0.4 is 0 Å². The molecular formula is C22H30N2O. The fourth-order valence-corrected chi connectivity index (χ4v) is 4.03. The first-order valence-corrected chi connectivity index (χ1v) is 9.50. The Morgan fingerprint density at radius 2 is 2.12 bits per heavy atom. The van der Waals surface area contributed by atoms with Crippen LogP contribution in [-0.4, -0.2) is 28.0 Å². The third-order valence-corrected chi connectivity index (χ3v) is 5.59. The van der Waals surface area contributed by atoms with Crippen LogP contribution in [0.25, 0.3) is 10.9 Å². The topological polar surface area (TPSA) is 25.2 Å². The van der Waals surface area contributed by atoms with Gasteiger partial charge in [0, 0.05) is 30.0 Å². The van der Waals surface area contributed by atoms with Crippen molar-refractivity contribution in [2.24, 2.45) is 0 Å². The van der Waals surface area contributed by atoms with Crippen molar-refractivity contribution < 1.29 is 4.79 Å². The predicted octanol–water partition coefficient (Wildman–Crippen LogP) is 5.27. The summed E-state index contributed by atoms with van der Waals surface area (Å²) in [5.41, 5.74) is 4.39. The number of benzene rings is 1. The van der Waals surface area contributed by atoms with E-state index < -0.39 is 0 Å². The number of aromatic nitrogens is 1. The Kier molecular flexibility index (Phi) is 5.03. The van der Waals surface area contributed by atoms with Gasteiger partial charge < -0.3 is 9.47 Å². The standard InChI is InChI=1S/C22H30N2O/c1-6-12-24-20-11-10-18(15(2)3)14-19(20)17(5)21(24)22(25)23-13-8-7-9-16(23)4/h6,10-11,14-16H,1,7-9,12-13H2,2-5H3. The van der Waals surface area contributed by atoms with Gasteiger partial charge in [0.15, 0.2) is 0 Å². The molecule has 1 aromatic carbocycles. The van der Waals surface area contributed by atoms with E-state index in [-0.39, 0.29) is 5.91 Å². The summed E-state index contributed by atoms with van der Waals surface area (Å²) >= 11 is 0. The molecule has 1 unspecified atom stereocenters. The highest BCUT2D eigenvalue weighted by Gasteiger charge is 2.29. The number of likely N-dealkylation sites (tertiary alicyclic amines) is 1. The van der Waals surface area contributed by atoms with Crippen LogP contribution in [0.15, 0.2) is 30.9 Å². The molecule has 1 fully saturated rings. The molecule has 3 rings (SSSR count). The number of hydrogen-bond donors (Lipinski definition) is 0. The predicted molar refractivity (Wildman–Crippen MR) is 105 cm³/mol. The average molecular weight is 338 g/mol. The molecule has 2 heterocycles. The molecule has 1 aromatic heterocycles. The smallest absolute Gasteiger partial charge is 0.271 e. The van der Waals surface area contributed by atoms with Crippen LogP contribution in [-0.2, 0) is 6.54 Å². The van der Waals surface area contributed by atoms with E-state index in [0.717, 1.165) is 36.2 Å². The average Bonchev–Trinajstić information content (AvgIpc) is 2.87. The Morgan fingerprint density at radius 1 is 1.36 bits per heavy atom. The zero-order valence-electron chi connectivity index (χ0n) is 16.0. The van der Waals surface area contributed by atoms with Crippen LogP contribution in [0.4, 0.5) is 0 Å². The van der Waals surface area contributed by atoms with Crippen molar-refractivity contribution >= 4 is 16.8 Å². The Bertz CT molecular complexity index is 800. The molecule has 1 saturated heterocycles. The molecule has 0 N–H and O–H groups in total. The van der Waals surface area contributed by atoms with Gasteiger partial charge in [0.05, 0.1) is 0 Å². The summed E-state index contributed by atoms with van der Waals surface area (Å²) in [4.78, 5) is 15.4. The van der Waals surface area contributed by atoms with Gasteiger partial charge >= 0.3 is 0 Å². The molecule has 3 heteroatoms. The van der Waals surface area contributed by atoms with E-state index >= 15 is 0 Å². The Balaban J connectivity index is 2.15. The zero-order valence-corrected chi connectivity index (χ0v) is 16.0. The highest BCUT2D eigenvalue weighted by atomic mass is 16.2. The van der Waals surface area contributed by atoms with Crippen LogP contribution in [0, 0.1) is 6.92 Å². The van der Waals surface area contributed by atoms with Gasteiger partial charge in [0.25, 0.3) is 5.91 Å². The van der Waals surface area contributed by atoms with Gasteiger partial charge in [0.1, 0.15) is 5.69 Å². The number of allylic oxidation sites excluding steroid dienone is 1. The highest BCUT2D eigenvalue weighted by Crippen LogP contribution is 2.31. The summed E-state index contributed by atoms with van der Waals surface area (Å²) in [5, 5.41) is 1.20. The molecule has 0 bridgehead atoms. The summed E-state index contributed by atoms with van der Waals surface area (Å²) < 4.78 is 2.14. The largest absolute Gasteiger partial charge is 0.335 e. The molecule has 25 heavy (non-hydrogen) atoms. The van der Waals surface area contributed by atoms with Crippen LogP contribution in [0.5, 0.6) is 0 Å². The second-order valence-corrected chi connectivity index (χ2v) is 7.65. The van der Waals surface area contributed by atoms with Gasteiger partial charge in [-0.1, -0.05) is 26.0 Å². The number of hydrogen-bond acceptors (Lipinski definition) is 1. The minimum atomic E-state index is 0.175. The summed E-state index contributed by atoms with van der Waals surface area (Å²) in [6.07, 6.45) is 5.31. The lowest BCUT2D eigenvalue weighted by Crippen LogP contribution is -2.43. The number of rotatable bonds is 4. The van der Waals surface area contributed by atoms with Crippen molar-refractivity contribution in [2.45, 2.75) is 65.5 Å². The van der Waals surface area contributed by atoms with Crippen LogP contribution in [0.3, 0.4) is 0 Å². The monoisotopic (exact) mass is 338 g/mol. The molecule has 0 aliphatic carbocycles. The fourth-order valence-electron chi connectivity index (χ4n) is 4.03. The molecule has 0 saturated carbocycles. The molecular weight excluding hydrogens is 308 g/mol. The second-order valence-electron chi connectivity index (χ2n) is 7.65. The molecule has 134 valence electrons. The molecule has 0 radical (unpaired) electrons. The summed E-state index contributed by atoms with van der Waals surface area (Å²) in [6.45, 7) is 14.1. The van der Waals surface area contributed by atoms with E-state index in [4.69, 9.17) is 0 Å². The first-order chi connectivity index (χ1) is 12.0. The van der Waals surface area contributed by atoms with Crippen molar-refractivity contribution in [1.82, 2.24) is 9.47 Å². The van der Waals surface area contributed by atoms with E-state index in [1.54, 1.807) is 0 Å². The zero-order chi connectivity index (χ0) is 18.1. The maximum atomic E-state index is 13.4.